The third-order valence-corrected chi connectivity index (χ3v) is 5.34. The van der Waals surface area contributed by atoms with Crippen molar-refractivity contribution in [1.82, 2.24) is 20.5 Å². The predicted octanol–water partition coefficient (Wildman–Crippen LogP) is 4.61. The zero-order chi connectivity index (χ0) is 20.8. The maximum atomic E-state index is 12.2. The van der Waals surface area contributed by atoms with Gasteiger partial charge in [-0.25, -0.2) is 4.98 Å². The van der Waals surface area contributed by atoms with Crippen molar-refractivity contribution in [2.24, 2.45) is 0 Å². The highest BCUT2D eigenvalue weighted by molar-refractivity contribution is 8.00. The van der Waals surface area contributed by atoms with E-state index in [0.29, 0.717) is 11.7 Å². The summed E-state index contributed by atoms with van der Waals surface area (Å²) in [4.78, 5) is 16.9. The van der Waals surface area contributed by atoms with E-state index in [0.717, 1.165) is 22.5 Å². The van der Waals surface area contributed by atoms with Crippen LogP contribution in [0.15, 0.2) is 66.3 Å². The highest BCUT2D eigenvalue weighted by atomic mass is 32.2. The van der Waals surface area contributed by atoms with Crippen LogP contribution in [0.25, 0.3) is 22.5 Å². The van der Waals surface area contributed by atoms with Crippen molar-refractivity contribution in [3.63, 3.8) is 0 Å². The van der Waals surface area contributed by atoms with Gasteiger partial charge in [0.2, 0.25) is 11.1 Å². The lowest BCUT2D eigenvalue weighted by Gasteiger charge is -2.12. The molecule has 3 rings (SSSR count). The van der Waals surface area contributed by atoms with Gasteiger partial charge in [-0.2, -0.15) is 0 Å². The van der Waals surface area contributed by atoms with E-state index in [4.69, 9.17) is 4.98 Å². The van der Waals surface area contributed by atoms with Crippen LogP contribution >= 0.6 is 11.8 Å². The van der Waals surface area contributed by atoms with Crippen LogP contribution in [0.3, 0.4) is 0 Å². The van der Waals surface area contributed by atoms with Gasteiger partial charge >= 0.3 is 0 Å². The van der Waals surface area contributed by atoms with E-state index in [1.54, 1.807) is 6.08 Å². The molecular weight excluding hydrogens is 380 g/mol. The number of carbonyl (C=O) groups excluding carboxylic acids is 1. The molecule has 1 amide bonds. The lowest BCUT2D eigenvalue weighted by molar-refractivity contribution is -0.120. The third-order valence-electron chi connectivity index (χ3n) is 4.39. The average molecular weight is 405 g/mol. The number of aromatic nitrogens is 3. The van der Waals surface area contributed by atoms with E-state index < -0.39 is 0 Å². The van der Waals surface area contributed by atoms with Gasteiger partial charge in [0, 0.05) is 17.7 Å². The molecule has 0 spiro atoms. The number of nitrogens with one attached hydrogen (secondary N) is 1. The van der Waals surface area contributed by atoms with Crippen molar-refractivity contribution in [3.05, 3.63) is 72.3 Å². The molecule has 5 nitrogen and oxygen atoms in total. The van der Waals surface area contributed by atoms with Gasteiger partial charge in [0.25, 0.3) is 0 Å². The molecule has 0 radical (unpaired) electrons. The molecule has 0 aliphatic carbocycles. The molecule has 1 N–H and O–H groups in total. The van der Waals surface area contributed by atoms with Crippen LogP contribution in [0.4, 0.5) is 0 Å². The maximum Gasteiger partial charge on any atom is 0.233 e. The van der Waals surface area contributed by atoms with E-state index in [1.165, 1.54) is 22.9 Å². The third kappa shape index (κ3) is 5.29. The molecule has 0 fully saturated rings. The van der Waals surface area contributed by atoms with E-state index in [-0.39, 0.29) is 11.2 Å². The van der Waals surface area contributed by atoms with Gasteiger partial charge in [-0.05, 0) is 20.8 Å². The summed E-state index contributed by atoms with van der Waals surface area (Å²) in [5.41, 5.74) is 5.76. The van der Waals surface area contributed by atoms with Crippen molar-refractivity contribution in [2.45, 2.75) is 31.2 Å². The van der Waals surface area contributed by atoms with Crippen LogP contribution in [-0.4, -0.2) is 32.9 Å². The summed E-state index contributed by atoms with van der Waals surface area (Å²) in [6.45, 7) is 9.97. The summed E-state index contributed by atoms with van der Waals surface area (Å²) in [7, 11) is 0. The molecule has 6 heteroatoms. The van der Waals surface area contributed by atoms with E-state index in [2.05, 4.69) is 34.2 Å². The average Bonchev–Trinajstić information content (AvgIpc) is 2.73. The summed E-state index contributed by atoms with van der Waals surface area (Å²) in [6.07, 6.45) is 1.65. The Labute approximate surface area is 175 Å². The number of aryl methyl sites for hydroxylation is 2. The molecule has 2 aromatic carbocycles. The van der Waals surface area contributed by atoms with Gasteiger partial charge in [-0.3, -0.25) is 4.79 Å². The first-order valence-electron chi connectivity index (χ1n) is 9.42. The lowest BCUT2D eigenvalue weighted by Crippen LogP contribution is -2.31. The number of amides is 1. The number of benzene rings is 2. The molecule has 0 aliphatic rings. The Morgan fingerprint density at radius 3 is 2.10 bits per heavy atom. The molecule has 148 valence electrons. The van der Waals surface area contributed by atoms with Crippen molar-refractivity contribution in [1.29, 1.82) is 0 Å². The minimum absolute atomic E-state index is 0.0852. The predicted molar refractivity (Wildman–Crippen MR) is 119 cm³/mol. The first kappa shape index (κ1) is 20.7. The molecule has 1 atom stereocenters. The molecule has 1 heterocycles. The number of hydrogen-bond donors (Lipinski definition) is 1. The van der Waals surface area contributed by atoms with Crippen LogP contribution in [0, 0.1) is 13.8 Å². The Hall–Kier alpha value is -2.99. The van der Waals surface area contributed by atoms with E-state index in [1.807, 2.05) is 57.2 Å². The monoisotopic (exact) mass is 404 g/mol. The highest BCUT2D eigenvalue weighted by Gasteiger charge is 2.19. The summed E-state index contributed by atoms with van der Waals surface area (Å²) in [5.74, 6) is -0.0852. The molecule has 1 aromatic heterocycles. The molecule has 0 saturated carbocycles. The van der Waals surface area contributed by atoms with Crippen LogP contribution in [0.1, 0.15) is 18.1 Å². The fourth-order valence-corrected chi connectivity index (χ4v) is 3.45. The maximum absolute atomic E-state index is 12.2. The smallest absolute Gasteiger partial charge is 0.233 e. The number of nitrogens with zero attached hydrogens (tertiary/aromatic N) is 3. The molecule has 29 heavy (non-hydrogen) atoms. The second-order valence-electron chi connectivity index (χ2n) is 6.82. The topological polar surface area (TPSA) is 67.8 Å². The van der Waals surface area contributed by atoms with Crippen LogP contribution in [0.5, 0.6) is 0 Å². The van der Waals surface area contributed by atoms with E-state index in [9.17, 15) is 4.79 Å². The second kappa shape index (κ2) is 9.47. The minimum Gasteiger partial charge on any atom is -0.352 e. The number of hydrogen-bond acceptors (Lipinski definition) is 5. The summed E-state index contributed by atoms with van der Waals surface area (Å²) < 4.78 is 0. The van der Waals surface area contributed by atoms with Crippen LogP contribution in [0.2, 0.25) is 0 Å². The number of rotatable bonds is 7. The normalized spacial score (nSPS) is 11.7. The molecule has 3 aromatic rings. The fourth-order valence-electron chi connectivity index (χ4n) is 2.71. The Kier molecular flexibility index (Phi) is 6.77. The molecule has 1 unspecified atom stereocenters. The van der Waals surface area contributed by atoms with Crippen LogP contribution < -0.4 is 5.32 Å². The number of carbonyl (C=O) groups is 1. The quantitative estimate of drug-likeness (QED) is 0.460. The largest absolute Gasteiger partial charge is 0.352 e. The molecular formula is C23H24N4OS. The van der Waals surface area contributed by atoms with Crippen molar-refractivity contribution in [3.8, 4) is 22.5 Å². The molecule has 0 bridgehead atoms. The fraction of sp³-hybridized carbons (Fsp3) is 0.217. The first-order chi connectivity index (χ1) is 14.0. The zero-order valence-corrected chi connectivity index (χ0v) is 17.7. The Bertz CT molecular complexity index is 1000. The molecule has 0 aliphatic heterocycles. The highest BCUT2D eigenvalue weighted by Crippen LogP contribution is 2.31. The minimum atomic E-state index is -0.340. The Morgan fingerprint density at radius 2 is 1.55 bits per heavy atom. The Morgan fingerprint density at radius 1 is 1.00 bits per heavy atom. The van der Waals surface area contributed by atoms with Gasteiger partial charge in [0.1, 0.15) is 11.4 Å². The van der Waals surface area contributed by atoms with Gasteiger partial charge in [0.15, 0.2) is 0 Å². The van der Waals surface area contributed by atoms with Gasteiger partial charge in [0.05, 0.1) is 5.25 Å². The van der Waals surface area contributed by atoms with E-state index >= 15 is 0 Å². The van der Waals surface area contributed by atoms with Crippen LogP contribution in [-0.2, 0) is 4.79 Å². The van der Waals surface area contributed by atoms with Gasteiger partial charge < -0.3 is 5.32 Å². The zero-order valence-electron chi connectivity index (χ0n) is 16.8. The summed E-state index contributed by atoms with van der Waals surface area (Å²) in [6, 6.07) is 16.3. The van der Waals surface area contributed by atoms with Gasteiger partial charge in [-0.15, -0.1) is 16.8 Å². The molecule has 0 saturated heterocycles. The van der Waals surface area contributed by atoms with Gasteiger partial charge in [-0.1, -0.05) is 77.5 Å². The SMILES string of the molecule is C=CCNC(=O)C(C)Sc1nnc(-c2ccc(C)cc2)c(-c2ccc(C)cc2)n1. The standard InChI is InChI=1S/C23H24N4OS/c1-5-14-24-22(28)17(4)29-23-25-20(18-10-6-15(2)7-11-18)21(26-27-23)19-12-8-16(3)9-13-19/h5-13,17H,1,14H2,2-4H3,(H,24,28). The Balaban J connectivity index is 1.97. The van der Waals surface area contributed by atoms with Crippen molar-refractivity contribution >= 4 is 17.7 Å². The summed E-state index contributed by atoms with van der Waals surface area (Å²) in [5, 5.41) is 11.7. The summed E-state index contributed by atoms with van der Waals surface area (Å²) >= 11 is 1.29. The first-order valence-corrected chi connectivity index (χ1v) is 10.3. The van der Waals surface area contributed by atoms with Crippen molar-refractivity contribution < 1.29 is 4.79 Å². The second-order valence-corrected chi connectivity index (χ2v) is 8.13. The number of thioether (sulfide) groups is 1. The lowest BCUT2D eigenvalue weighted by atomic mass is 10.0. The van der Waals surface area contributed by atoms with Crippen molar-refractivity contribution in [2.75, 3.05) is 6.54 Å².